The van der Waals surface area contributed by atoms with Gasteiger partial charge in [-0.1, -0.05) is 12.1 Å². The van der Waals surface area contributed by atoms with Crippen LogP contribution in [0.2, 0.25) is 0 Å². The highest BCUT2D eigenvalue weighted by atomic mass is 32.1. The summed E-state index contributed by atoms with van der Waals surface area (Å²) in [4.78, 5) is 17.9. The second-order valence-electron chi connectivity index (χ2n) is 5.36. The number of aromatic nitrogens is 1. The molecule has 0 saturated heterocycles. The minimum atomic E-state index is -0.110. The van der Waals surface area contributed by atoms with Gasteiger partial charge < -0.3 is 10.1 Å². The second kappa shape index (κ2) is 7.27. The lowest BCUT2D eigenvalue weighted by atomic mass is 10.1. The van der Waals surface area contributed by atoms with Crippen molar-refractivity contribution in [2.24, 2.45) is 0 Å². The maximum atomic E-state index is 12.4. The molecule has 0 aliphatic heterocycles. The van der Waals surface area contributed by atoms with Crippen molar-refractivity contribution in [3.63, 3.8) is 0 Å². The van der Waals surface area contributed by atoms with Gasteiger partial charge >= 0.3 is 0 Å². The van der Waals surface area contributed by atoms with Gasteiger partial charge in [0, 0.05) is 18.3 Å². The van der Waals surface area contributed by atoms with Gasteiger partial charge in [-0.2, -0.15) is 0 Å². The van der Waals surface area contributed by atoms with E-state index in [0.717, 1.165) is 27.4 Å². The largest absolute Gasteiger partial charge is 0.496 e. The monoisotopic (exact) mass is 338 g/mol. The average Bonchev–Trinajstić information content (AvgIpc) is 3.14. The van der Waals surface area contributed by atoms with Crippen LogP contribution in [0.15, 0.2) is 54.0 Å². The molecule has 0 unspecified atom stereocenters. The van der Waals surface area contributed by atoms with Crippen molar-refractivity contribution in [2.75, 3.05) is 7.11 Å². The van der Waals surface area contributed by atoms with Crippen molar-refractivity contribution in [2.45, 2.75) is 13.5 Å². The number of benzene rings is 1. The predicted molar refractivity (Wildman–Crippen MR) is 96.5 cm³/mol. The fourth-order valence-corrected chi connectivity index (χ4v) is 3.27. The third kappa shape index (κ3) is 3.46. The Morgan fingerprint density at radius 3 is 2.83 bits per heavy atom. The molecular weight excluding hydrogens is 320 g/mol. The molecule has 0 atom stereocenters. The van der Waals surface area contributed by atoms with Crippen LogP contribution in [0.3, 0.4) is 0 Å². The maximum absolute atomic E-state index is 12.4. The molecule has 0 aliphatic carbocycles. The number of ether oxygens (including phenoxy) is 1. The summed E-state index contributed by atoms with van der Waals surface area (Å²) in [6.45, 7) is 2.36. The highest BCUT2D eigenvalue weighted by Crippen LogP contribution is 2.25. The van der Waals surface area contributed by atoms with Gasteiger partial charge in [-0.25, -0.2) is 0 Å². The van der Waals surface area contributed by atoms with Crippen LogP contribution < -0.4 is 10.1 Å². The van der Waals surface area contributed by atoms with E-state index in [2.05, 4.69) is 10.3 Å². The minimum Gasteiger partial charge on any atom is -0.496 e. The van der Waals surface area contributed by atoms with E-state index in [4.69, 9.17) is 4.74 Å². The number of carbonyl (C=O) groups is 1. The molecule has 3 aromatic rings. The summed E-state index contributed by atoms with van der Waals surface area (Å²) >= 11 is 1.64. The Hall–Kier alpha value is -2.66. The average molecular weight is 338 g/mol. The summed E-state index contributed by atoms with van der Waals surface area (Å²) in [5, 5.41) is 4.99. The van der Waals surface area contributed by atoms with Gasteiger partial charge in [0.2, 0.25) is 0 Å². The van der Waals surface area contributed by atoms with Crippen LogP contribution in [-0.4, -0.2) is 18.0 Å². The molecule has 0 radical (unpaired) electrons. The SMILES string of the molecule is COc1ccc(C(=O)NCc2cccnc2-c2cccs2)cc1C. The van der Waals surface area contributed by atoms with Crippen LogP contribution in [0.5, 0.6) is 5.75 Å². The number of nitrogens with zero attached hydrogens (tertiary/aromatic N) is 1. The molecule has 2 aromatic heterocycles. The molecule has 1 amide bonds. The van der Waals surface area contributed by atoms with Crippen LogP contribution in [0.1, 0.15) is 21.5 Å². The third-order valence-corrected chi connectivity index (χ3v) is 4.62. The number of pyridine rings is 1. The van der Waals surface area contributed by atoms with Gasteiger partial charge in [0.25, 0.3) is 5.91 Å². The summed E-state index contributed by atoms with van der Waals surface area (Å²) < 4.78 is 5.23. The number of methoxy groups -OCH3 is 1. The van der Waals surface area contributed by atoms with Gasteiger partial charge in [0.1, 0.15) is 5.75 Å². The quantitative estimate of drug-likeness (QED) is 0.763. The lowest BCUT2D eigenvalue weighted by molar-refractivity contribution is 0.0951. The Morgan fingerprint density at radius 1 is 1.25 bits per heavy atom. The smallest absolute Gasteiger partial charge is 0.251 e. The molecule has 24 heavy (non-hydrogen) atoms. The minimum absolute atomic E-state index is 0.110. The van der Waals surface area contributed by atoms with Gasteiger partial charge in [0.05, 0.1) is 17.7 Å². The summed E-state index contributed by atoms with van der Waals surface area (Å²) in [5.74, 6) is 0.667. The Bertz CT molecular complexity index is 844. The van der Waals surface area contributed by atoms with Crippen LogP contribution in [0.4, 0.5) is 0 Å². The second-order valence-corrected chi connectivity index (χ2v) is 6.30. The van der Waals surface area contributed by atoms with E-state index in [1.807, 2.05) is 48.7 Å². The van der Waals surface area contributed by atoms with Crippen LogP contribution >= 0.6 is 11.3 Å². The highest BCUT2D eigenvalue weighted by molar-refractivity contribution is 7.13. The lowest BCUT2D eigenvalue weighted by Crippen LogP contribution is -2.23. The molecule has 1 aromatic carbocycles. The van der Waals surface area contributed by atoms with E-state index in [-0.39, 0.29) is 5.91 Å². The van der Waals surface area contributed by atoms with Crippen molar-refractivity contribution in [3.05, 3.63) is 70.7 Å². The molecule has 4 nitrogen and oxygen atoms in total. The summed E-state index contributed by atoms with van der Waals surface area (Å²) in [6.07, 6.45) is 1.77. The molecule has 0 fully saturated rings. The van der Waals surface area contributed by atoms with Crippen LogP contribution in [0.25, 0.3) is 10.6 Å². The van der Waals surface area contributed by atoms with Crippen molar-refractivity contribution in [3.8, 4) is 16.3 Å². The normalized spacial score (nSPS) is 10.4. The Labute approximate surface area is 145 Å². The molecule has 3 rings (SSSR count). The van der Waals surface area contributed by atoms with E-state index in [1.165, 1.54) is 0 Å². The topological polar surface area (TPSA) is 51.2 Å². The molecule has 2 heterocycles. The molecule has 122 valence electrons. The molecule has 0 aliphatic rings. The number of rotatable bonds is 5. The first-order valence-corrected chi connectivity index (χ1v) is 8.47. The van der Waals surface area contributed by atoms with E-state index >= 15 is 0 Å². The summed E-state index contributed by atoms with van der Waals surface area (Å²) in [5.41, 5.74) is 3.47. The van der Waals surface area contributed by atoms with Crippen LogP contribution in [-0.2, 0) is 6.54 Å². The van der Waals surface area contributed by atoms with E-state index < -0.39 is 0 Å². The number of thiophene rings is 1. The van der Waals surface area contributed by atoms with Crippen molar-refractivity contribution >= 4 is 17.2 Å². The van der Waals surface area contributed by atoms with Gasteiger partial charge in [0.15, 0.2) is 0 Å². The van der Waals surface area contributed by atoms with Gasteiger partial charge in [-0.3, -0.25) is 9.78 Å². The van der Waals surface area contributed by atoms with E-state index in [1.54, 1.807) is 30.7 Å². The van der Waals surface area contributed by atoms with Crippen molar-refractivity contribution < 1.29 is 9.53 Å². The Morgan fingerprint density at radius 2 is 2.12 bits per heavy atom. The summed E-state index contributed by atoms with van der Waals surface area (Å²) in [6, 6.07) is 13.3. The number of hydrogen-bond donors (Lipinski definition) is 1. The molecule has 0 bridgehead atoms. The maximum Gasteiger partial charge on any atom is 0.251 e. The molecule has 0 spiro atoms. The van der Waals surface area contributed by atoms with Crippen molar-refractivity contribution in [1.29, 1.82) is 0 Å². The first-order valence-electron chi connectivity index (χ1n) is 7.59. The zero-order chi connectivity index (χ0) is 16.9. The van der Waals surface area contributed by atoms with E-state index in [0.29, 0.717) is 12.1 Å². The number of hydrogen-bond acceptors (Lipinski definition) is 4. The molecule has 5 heteroatoms. The Balaban J connectivity index is 1.74. The molecule has 1 N–H and O–H groups in total. The molecular formula is C19H18N2O2S. The Kier molecular flexibility index (Phi) is 4.91. The fourth-order valence-electron chi connectivity index (χ4n) is 2.51. The summed E-state index contributed by atoms with van der Waals surface area (Å²) in [7, 11) is 1.62. The first-order chi connectivity index (χ1) is 11.7. The standard InChI is InChI=1S/C19H18N2O2S/c1-13-11-14(7-8-16(13)23-2)19(22)21-12-15-5-3-9-20-18(15)17-6-4-10-24-17/h3-11H,12H2,1-2H3,(H,21,22). The number of amides is 1. The predicted octanol–water partition coefficient (Wildman–Crippen LogP) is 4.06. The zero-order valence-electron chi connectivity index (χ0n) is 13.6. The first kappa shape index (κ1) is 16.2. The third-order valence-electron chi connectivity index (χ3n) is 3.74. The number of aryl methyl sites for hydroxylation is 1. The van der Waals surface area contributed by atoms with E-state index in [9.17, 15) is 4.79 Å². The number of carbonyl (C=O) groups excluding carboxylic acids is 1. The zero-order valence-corrected chi connectivity index (χ0v) is 14.4. The highest BCUT2D eigenvalue weighted by Gasteiger charge is 2.11. The van der Waals surface area contributed by atoms with Crippen molar-refractivity contribution in [1.82, 2.24) is 10.3 Å². The lowest BCUT2D eigenvalue weighted by Gasteiger charge is -2.10. The van der Waals surface area contributed by atoms with Gasteiger partial charge in [-0.15, -0.1) is 11.3 Å². The van der Waals surface area contributed by atoms with Gasteiger partial charge in [-0.05, 0) is 53.8 Å². The fraction of sp³-hybridized carbons (Fsp3) is 0.158. The number of nitrogens with one attached hydrogen (secondary N) is 1. The molecule has 0 saturated carbocycles. The van der Waals surface area contributed by atoms with Crippen LogP contribution in [0, 0.1) is 6.92 Å².